The third kappa shape index (κ3) is 6.28. The summed E-state index contributed by atoms with van der Waals surface area (Å²) in [7, 11) is 6.55. The molecule has 9 heteroatoms. The van der Waals surface area contributed by atoms with Crippen LogP contribution in [0.1, 0.15) is 11.3 Å². The normalized spacial score (nSPS) is 10.8. The molecule has 0 radical (unpaired) electrons. The maximum absolute atomic E-state index is 5.57. The summed E-state index contributed by atoms with van der Waals surface area (Å²) in [5.74, 6) is 3.16. The van der Waals surface area contributed by atoms with Gasteiger partial charge < -0.3 is 29.3 Å². The zero-order valence-electron chi connectivity index (χ0n) is 18.7. The van der Waals surface area contributed by atoms with Gasteiger partial charge in [-0.05, 0) is 24.6 Å². The van der Waals surface area contributed by atoms with Crippen molar-refractivity contribution in [3.8, 4) is 28.7 Å². The van der Waals surface area contributed by atoms with Crippen LogP contribution in [0.3, 0.4) is 0 Å². The van der Waals surface area contributed by atoms with Crippen LogP contribution in [-0.2, 0) is 13.0 Å². The number of halogens is 1. The Kier molecular flexibility index (Phi) is 10.1. The van der Waals surface area contributed by atoms with E-state index in [4.69, 9.17) is 18.6 Å². The van der Waals surface area contributed by atoms with Crippen LogP contribution in [-0.4, -0.2) is 45.9 Å². The zero-order chi connectivity index (χ0) is 22.1. The summed E-state index contributed by atoms with van der Waals surface area (Å²) in [5, 5.41) is 6.54. The van der Waals surface area contributed by atoms with Crippen LogP contribution in [0.5, 0.6) is 17.2 Å². The largest absolute Gasteiger partial charge is 0.493 e. The topological polar surface area (TPSA) is 90.1 Å². The third-order valence-corrected chi connectivity index (χ3v) is 4.71. The van der Waals surface area contributed by atoms with Crippen LogP contribution >= 0.6 is 24.0 Å². The highest BCUT2D eigenvalue weighted by Crippen LogP contribution is 2.39. The molecule has 2 aromatic carbocycles. The van der Waals surface area contributed by atoms with Crippen molar-refractivity contribution in [3.05, 3.63) is 60.0 Å². The van der Waals surface area contributed by atoms with E-state index in [2.05, 4.69) is 20.6 Å². The number of benzene rings is 2. The molecular formula is C23H29IN4O4. The van der Waals surface area contributed by atoms with Crippen molar-refractivity contribution in [2.24, 2.45) is 4.99 Å². The highest BCUT2D eigenvalue weighted by molar-refractivity contribution is 14.0. The number of hydrogen-bond acceptors (Lipinski definition) is 6. The molecule has 3 aromatic rings. The monoisotopic (exact) mass is 552 g/mol. The average Bonchev–Trinajstić information content (AvgIpc) is 3.30. The maximum Gasteiger partial charge on any atom is 0.226 e. The molecule has 0 aliphatic rings. The van der Waals surface area contributed by atoms with Crippen molar-refractivity contribution in [1.29, 1.82) is 0 Å². The lowest BCUT2D eigenvalue weighted by molar-refractivity contribution is 0.322. The quantitative estimate of drug-likeness (QED) is 0.237. The van der Waals surface area contributed by atoms with Crippen LogP contribution in [0.4, 0.5) is 0 Å². The first kappa shape index (κ1) is 25.3. The van der Waals surface area contributed by atoms with Gasteiger partial charge in [0.25, 0.3) is 0 Å². The molecule has 0 fully saturated rings. The molecule has 1 heterocycles. The van der Waals surface area contributed by atoms with Crippen molar-refractivity contribution < 1.29 is 18.6 Å². The number of methoxy groups -OCH3 is 3. The van der Waals surface area contributed by atoms with E-state index in [0.29, 0.717) is 48.6 Å². The number of nitrogens with one attached hydrogen (secondary N) is 2. The molecule has 32 heavy (non-hydrogen) atoms. The number of ether oxygens (including phenoxy) is 3. The minimum Gasteiger partial charge on any atom is -0.493 e. The smallest absolute Gasteiger partial charge is 0.226 e. The molecule has 0 saturated carbocycles. The predicted molar refractivity (Wildman–Crippen MR) is 135 cm³/mol. The molecule has 0 aliphatic heterocycles. The Morgan fingerprint density at radius 3 is 2.38 bits per heavy atom. The van der Waals surface area contributed by atoms with Crippen molar-refractivity contribution >= 4 is 29.9 Å². The van der Waals surface area contributed by atoms with Gasteiger partial charge in [-0.2, -0.15) is 0 Å². The molecule has 0 saturated heterocycles. The standard InChI is InChI=1S/C23H28N4O4.HI/c1-24-23(26-14-18-15-31-22(27-18)17-8-6-5-7-9-17)25-13-12-16-10-11-19(28-2)21(30-4)20(16)29-3;/h5-11,15H,12-14H2,1-4H3,(H2,24,25,26);1H. The summed E-state index contributed by atoms with van der Waals surface area (Å²) in [6.45, 7) is 1.15. The molecule has 0 unspecified atom stereocenters. The fourth-order valence-corrected chi connectivity index (χ4v) is 3.17. The minimum atomic E-state index is 0. The molecule has 0 spiro atoms. The number of rotatable bonds is 9. The van der Waals surface area contributed by atoms with Gasteiger partial charge in [-0.25, -0.2) is 4.98 Å². The maximum atomic E-state index is 5.57. The van der Waals surface area contributed by atoms with Gasteiger partial charge in [-0.3, -0.25) is 4.99 Å². The Morgan fingerprint density at radius 2 is 1.72 bits per heavy atom. The fraction of sp³-hybridized carbons (Fsp3) is 0.304. The minimum absolute atomic E-state index is 0. The second-order valence-electron chi connectivity index (χ2n) is 6.61. The molecule has 0 amide bonds. The molecule has 0 bridgehead atoms. The number of aliphatic imine (C=N–C) groups is 1. The van der Waals surface area contributed by atoms with Crippen LogP contribution < -0.4 is 24.8 Å². The van der Waals surface area contributed by atoms with Gasteiger partial charge >= 0.3 is 0 Å². The molecule has 0 aliphatic carbocycles. The van der Waals surface area contributed by atoms with Gasteiger partial charge in [0, 0.05) is 24.7 Å². The van der Waals surface area contributed by atoms with E-state index in [-0.39, 0.29) is 24.0 Å². The Labute approximate surface area is 205 Å². The van der Waals surface area contributed by atoms with E-state index in [1.807, 2.05) is 42.5 Å². The number of hydrogen-bond donors (Lipinski definition) is 2. The number of oxazole rings is 1. The fourth-order valence-electron chi connectivity index (χ4n) is 3.17. The molecular weight excluding hydrogens is 523 g/mol. The summed E-state index contributed by atoms with van der Waals surface area (Å²) >= 11 is 0. The van der Waals surface area contributed by atoms with E-state index < -0.39 is 0 Å². The van der Waals surface area contributed by atoms with E-state index in [1.165, 1.54) is 0 Å². The molecule has 3 rings (SSSR count). The number of aromatic nitrogens is 1. The third-order valence-electron chi connectivity index (χ3n) is 4.71. The molecule has 8 nitrogen and oxygen atoms in total. The number of guanidine groups is 1. The molecule has 1 aromatic heterocycles. The van der Waals surface area contributed by atoms with Crippen molar-refractivity contribution in [3.63, 3.8) is 0 Å². The first-order valence-corrected chi connectivity index (χ1v) is 9.92. The SMILES string of the molecule is CN=C(NCCc1ccc(OC)c(OC)c1OC)NCc1coc(-c2ccccc2)n1.I. The summed E-state index contributed by atoms with van der Waals surface area (Å²) in [6.07, 6.45) is 2.36. The van der Waals surface area contributed by atoms with Gasteiger partial charge in [0.1, 0.15) is 6.26 Å². The molecule has 0 atom stereocenters. The van der Waals surface area contributed by atoms with Crippen LogP contribution in [0.15, 0.2) is 58.1 Å². The average molecular weight is 552 g/mol. The van der Waals surface area contributed by atoms with E-state index in [9.17, 15) is 0 Å². The molecule has 2 N–H and O–H groups in total. The predicted octanol–water partition coefficient (Wildman–Crippen LogP) is 3.89. The van der Waals surface area contributed by atoms with Gasteiger partial charge in [-0.15, -0.1) is 24.0 Å². The summed E-state index contributed by atoms with van der Waals surface area (Å²) < 4.78 is 21.9. The first-order chi connectivity index (χ1) is 15.2. The van der Waals surface area contributed by atoms with E-state index >= 15 is 0 Å². The lowest BCUT2D eigenvalue weighted by atomic mass is 10.1. The van der Waals surface area contributed by atoms with E-state index in [0.717, 1.165) is 16.8 Å². The lowest BCUT2D eigenvalue weighted by Crippen LogP contribution is -2.38. The highest BCUT2D eigenvalue weighted by atomic mass is 127. The van der Waals surface area contributed by atoms with E-state index in [1.54, 1.807) is 34.6 Å². The lowest BCUT2D eigenvalue weighted by Gasteiger charge is -2.16. The first-order valence-electron chi connectivity index (χ1n) is 9.92. The Hall–Kier alpha value is -2.95. The van der Waals surface area contributed by atoms with Crippen molar-refractivity contribution in [2.45, 2.75) is 13.0 Å². The molecule has 172 valence electrons. The second-order valence-corrected chi connectivity index (χ2v) is 6.61. The number of nitrogens with zero attached hydrogens (tertiary/aromatic N) is 2. The Bertz CT molecular complexity index is 1010. The van der Waals surface area contributed by atoms with Crippen molar-refractivity contribution in [1.82, 2.24) is 15.6 Å². The highest BCUT2D eigenvalue weighted by Gasteiger charge is 2.15. The second kappa shape index (κ2) is 12.8. The summed E-state index contributed by atoms with van der Waals surface area (Å²) in [6, 6.07) is 13.6. The van der Waals surface area contributed by atoms with Crippen LogP contribution in [0, 0.1) is 0 Å². The van der Waals surface area contributed by atoms with Crippen LogP contribution in [0.25, 0.3) is 11.5 Å². The Balaban J connectivity index is 0.00000363. The summed E-state index contributed by atoms with van der Waals surface area (Å²) in [4.78, 5) is 8.78. The van der Waals surface area contributed by atoms with Crippen LogP contribution in [0.2, 0.25) is 0 Å². The zero-order valence-corrected chi connectivity index (χ0v) is 21.0. The van der Waals surface area contributed by atoms with Crippen molar-refractivity contribution in [2.75, 3.05) is 34.9 Å². The Morgan fingerprint density at radius 1 is 0.969 bits per heavy atom. The van der Waals surface area contributed by atoms with Gasteiger partial charge in [0.2, 0.25) is 11.6 Å². The van der Waals surface area contributed by atoms with Gasteiger partial charge in [0.05, 0.1) is 33.6 Å². The summed E-state index contributed by atoms with van der Waals surface area (Å²) in [5.41, 5.74) is 2.75. The van der Waals surface area contributed by atoms with Gasteiger partial charge in [-0.1, -0.05) is 24.3 Å². The van der Waals surface area contributed by atoms with Gasteiger partial charge in [0.15, 0.2) is 17.5 Å².